The zero-order chi connectivity index (χ0) is 17.4. The van der Waals surface area contributed by atoms with Crippen LogP contribution in [0.15, 0.2) is 28.9 Å². The third-order valence-corrected chi connectivity index (χ3v) is 3.98. The minimum atomic E-state index is -0.430. The van der Waals surface area contributed by atoms with Crippen LogP contribution in [0.5, 0.6) is 0 Å². The van der Waals surface area contributed by atoms with E-state index < -0.39 is 5.60 Å². The summed E-state index contributed by atoms with van der Waals surface area (Å²) in [7, 11) is 0. The van der Waals surface area contributed by atoms with E-state index in [9.17, 15) is 0 Å². The van der Waals surface area contributed by atoms with E-state index in [0.717, 1.165) is 49.1 Å². The van der Waals surface area contributed by atoms with E-state index in [-0.39, 0.29) is 6.61 Å². The number of oxazole rings is 1. The summed E-state index contributed by atoms with van der Waals surface area (Å²) in [6, 6.07) is 3.84. The quantitative estimate of drug-likeness (QED) is 0.668. The number of nitrogens with zero attached hydrogens (tertiary/aromatic N) is 2. The summed E-state index contributed by atoms with van der Waals surface area (Å²) < 4.78 is 11.4. The van der Waals surface area contributed by atoms with Crippen LogP contribution in [-0.4, -0.2) is 33.9 Å². The van der Waals surface area contributed by atoms with Crippen LogP contribution in [0.1, 0.15) is 51.0 Å². The first-order valence-corrected chi connectivity index (χ1v) is 8.63. The van der Waals surface area contributed by atoms with Crippen LogP contribution in [0, 0.1) is 6.92 Å². The number of aliphatic hydroxyl groups is 1. The zero-order valence-electron chi connectivity index (χ0n) is 14.9. The third-order valence-electron chi connectivity index (χ3n) is 3.98. The molecule has 5 nitrogen and oxygen atoms in total. The molecule has 1 N–H and O–H groups in total. The van der Waals surface area contributed by atoms with Crippen molar-refractivity contribution >= 4 is 0 Å². The molecule has 2 aromatic rings. The van der Waals surface area contributed by atoms with Gasteiger partial charge in [0.1, 0.15) is 5.76 Å². The molecule has 0 aromatic carbocycles. The predicted octanol–water partition coefficient (Wildman–Crippen LogP) is 3.94. The fraction of sp³-hybridized carbons (Fsp3) is 0.579. The Hall–Kier alpha value is -1.72. The van der Waals surface area contributed by atoms with E-state index in [1.807, 2.05) is 32.9 Å². The van der Waals surface area contributed by atoms with Crippen LogP contribution in [0.3, 0.4) is 0 Å². The van der Waals surface area contributed by atoms with Gasteiger partial charge in [-0.25, -0.2) is 4.98 Å². The number of rotatable bonds is 10. The van der Waals surface area contributed by atoms with E-state index in [4.69, 9.17) is 14.3 Å². The van der Waals surface area contributed by atoms with Gasteiger partial charge in [0, 0.05) is 19.0 Å². The Morgan fingerprint density at radius 3 is 2.71 bits per heavy atom. The molecule has 0 spiro atoms. The zero-order valence-corrected chi connectivity index (χ0v) is 14.9. The maximum absolute atomic E-state index is 9.13. The summed E-state index contributed by atoms with van der Waals surface area (Å²) in [6.45, 7) is 6.52. The molecule has 24 heavy (non-hydrogen) atoms. The number of aromatic nitrogens is 2. The molecule has 0 saturated heterocycles. The lowest BCUT2D eigenvalue weighted by atomic mass is 10.1. The summed E-state index contributed by atoms with van der Waals surface area (Å²) in [5.74, 6) is 1.54. The first kappa shape index (κ1) is 18.6. The van der Waals surface area contributed by atoms with E-state index in [1.54, 1.807) is 12.4 Å². The van der Waals surface area contributed by atoms with Crippen molar-refractivity contribution in [1.82, 2.24) is 9.97 Å². The molecule has 2 heterocycles. The standard InChI is InChI=1S/C19H28N2O3/c1-15-17(21-18(24-15)16-9-8-11-20-13-16)10-6-4-5-7-12-23-19(2,3)14-22/h8-9,11,13,22H,4-7,10,12,14H2,1-3H3. The number of pyridine rings is 1. The molecule has 0 radical (unpaired) electrons. The second kappa shape index (κ2) is 8.94. The van der Waals surface area contributed by atoms with Gasteiger partial charge >= 0.3 is 0 Å². The van der Waals surface area contributed by atoms with Crippen LogP contribution in [0.25, 0.3) is 11.5 Å². The Balaban J connectivity index is 1.69. The average molecular weight is 332 g/mol. The van der Waals surface area contributed by atoms with Gasteiger partial charge in [-0.15, -0.1) is 0 Å². The molecule has 2 rings (SSSR count). The smallest absolute Gasteiger partial charge is 0.228 e. The molecule has 132 valence electrons. The molecule has 2 aromatic heterocycles. The Morgan fingerprint density at radius 1 is 1.21 bits per heavy atom. The predicted molar refractivity (Wildman–Crippen MR) is 93.8 cm³/mol. The van der Waals surface area contributed by atoms with Crippen LogP contribution in [0.2, 0.25) is 0 Å². The largest absolute Gasteiger partial charge is 0.441 e. The second-order valence-electron chi connectivity index (χ2n) is 6.69. The Bertz CT molecular complexity index is 608. The van der Waals surface area contributed by atoms with E-state index in [1.165, 1.54) is 0 Å². The average Bonchev–Trinajstić information content (AvgIpc) is 2.96. The second-order valence-corrected chi connectivity index (χ2v) is 6.69. The highest BCUT2D eigenvalue weighted by Gasteiger charge is 2.16. The number of hydrogen-bond donors (Lipinski definition) is 1. The molecule has 0 unspecified atom stereocenters. The molecule has 0 atom stereocenters. The minimum Gasteiger partial charge on any atom is -0.441 e. The van der Waals surface area contributed by atoms with Gasteiger partial charge in [-0.05, 0) is 52.2 Å². The van der Waals surface area contributed by atoms with Crippen LogP contribution < -0.4 is 0 Å². The highest BCUT2D eigenvalue weighted by Crippen LogP contribution is 2.22. The molecule has 0 amide bonds. The van der Waals surface area contributed by atoms with Gasteiger partial charge in [0.15, 0.2) is 0 Å². The Labute approximate surface area is 144 Å². The summed E-state index contributed by atoms with van der Waals surface area (Å²) in [4.78, 5) is 8.70. The number of unbranched alkanes of at least 4 members (excludes halogenated alkanes) is 3. The van der Waals surface area contributed by atoms with Crippen molar-refractivity contribution in [2.45, 2.75) is 58.5 Å². The van der Waals surface area contributed by atoms with Gasteiger partial charge in [0.05, 0.1) is 23.5 Å². The van der Waals surface area contributed by atoms with Crippen molar-refractivity contribution in [2.24, 2.45) is 0 Å². The van der Waals surface area contributed by atoms with Crippen LogP contribution >= 0.6 is 0 Å². The lowest BCUT2D eigenvalue weighted by Crippen LogP contribution is -2.29. The lowest BCUT2D eigenvalue weighted by molar-refractivity contribution is -0.0546. The van der Waals surface area contributed by atoms with E-state index in [0.29, 0.717) is 12.5 Å². The van der Waals surface area contributed by atoms with Crippen LogP contribution in [0.4, 0.5) is 0 Å². The maximum atomic E-state index is 9.13. The van der Waals surface area contributed by atoms with Gasteiger partial charge in [-0.1, -0.05) is 12.8 Å². The first-order valence-electron chi connectivity index (χ1n) is 8.63. The molecular formula is C19H28N2O3. The minimum absolute atomic E-state index is 0.0533. The van der Waals surface area contributed by atoms with Gasteiger partial charge in [-0.2, -0.15) is 0 Å². The maximum Gasteiger partial charge on any atom is 0.228 e. The fourth-order valence-corrected chi connectivity index (χ4v) is 2.41. The molecule has 0 aliphatic heterocycles. The van der Waals surface area contributed by atoms with E-state index >= 15 is 0 Å². The van der Waals surface area contributed by atoms with Gasteiger partial charge < -0.3 is 14.3 Å². The number of ether oxygens (including phenoxy) is 1. The number of hydrogen-bond acceptors (Lipinski definition) is 5. The normalized spacial score (nSPS) is 11.8. The molecule has 0 bridgehead atoms. The summed E-state index contributed by atoms with van der Waals surface area (Å²) >= 11 is 0. The van der Waals surface area contributed by atoms with Gasteiger partial charge in [0.25, 0.3) is 0 Å². The first-order chi connectivity index (χ1) is 11.5. The SMILES string of the molecule is Cc1oc(-c2cccnc2)nc1CCCCCCOC(C)(C)CO. The topological polar surface area (TPSA) is 68.4 Å². The van der Waals surface area contributed by atoms with Crippen molar-refractivity contribution in [2.75, 3.05) is 13.2 Å². The van der Waals surface area contributed by atoms with E-state index in [2.05, 4.69) is 9.97 Å². The molecular weight excluding hydrogens is 304 g/mol. The third kappa shape index (κ3) is 5.73. The van der Waals surface area contributed by atoms with Crippen molar-refractivity contribution in [3.05, 3.63) is 36.0 Å². The van der Waals surface area contributed by atoms with Gasteiger partial charge in [-0.3, -0.25) is 4.98 Å². The summed E-state index contributed by atoms with van der Waals surface area (Å²) in [5.41, 5.74) is 1.52. The Kier molecular flexibility index (Phi) is 6.94. The summed E-state index contributed by atoms with van der Waals surface area (Å²) in [5, 5.41) is 9.13. The number of aliphatic hydroxyl groups excluding tert-OH is 1. The van der Waals surface area contributed by atoms with Crippen molar-refractivity contribution in [1.29, 1.82) is 0 Å². The molecule has 0 aliphatic rings. The molecule has 0 saturated carbocycles. The number of aryl methyl sites for hydroxylation is 2. The van der Waals surface area contributed by atoms with Crippen LogP contribution in [-0.2, 0) is 11.2 Å². The lowest BCUT2D eigenvalue weighted by Gasteiger charge is -2.22. The molecule has 5 heteroatoms. The van der Waals surface area contributed by atoms with Crippen molar-refractivity contribution in [3.8, 4) is 11.5 Å². The molecule has 0 fully saturated rings. The highest BCUT2D eigenvalue weighted by atomic mass is 16.5. The van der Waals surface area contributed by atoms with Gasteiger partial charge in [0.2, 0.25) is 5.89 Å². The summed E-state index contributed by atoms with van der Waals surface area (Å²) in [6.07, 6.45) is 8.80. The monoisotopic (exact) mass is 332 g/mol. The van der Waals surface area contributed by atoms with Crippen molar-refractivity contribution in [3.63, 3.8) is 0 Å². The molecule has 0 aliphatic carbocycles. The highest BCUT2D eigenvalue weighted by molar-refractivity contribution is 5.51. The van der Waals surface area contributed by atoms with Crippen molar-refractivity contribution < 1.29 is 14.3 Å². The fourth-order valence-electron chi connectivity index (χ4n) is 2.41. The Morgan fingerprint density at radius 2 is 2.00 bits per heavy atom.